The summed E-state index contributed by atoms with van der Waals surface area (Å²) >= 11 is 11.6. The van der Waals surface area contributed by atoms with Crippen molar-refractivity contribution in [3.05, 3.63) is 63.4 Å². The maximum Gasteiger partial charge on any atom is 0.142 e. The number of hydrogen-bond donors (Lipinski definition) is 1. The minimum atomic E-state index is -0.465. The van der Waals surface area contributed by atoms with Gasteiger partial charge < -0.3 is 10.5 Å². The molecule has 0 fully saturated rings. The van der Waals surface area contributed by atoms with Gasteiger partial charge in [0.2, 0.25) is 0 Å². The Kier molecular flexibility index (Phi) is 4.64. The Bertz CT molecular complexity index is 590. The summed E-state index contributed by atoms with van der Waals surface area (Å²) in [6.07, 6.45) is 0. The van der Waals surface area contributed by atoms with Crippen molar-refractivity contribution in [3.8, 4) is 5.75 Å². The van der Waals surface area contributed by atoms with Crippen molar-refractivity contribution < 1.29 is 9.13 Å². The SMILES string of the molecule is NCc1c(Cl)cccc1OCc1ccc(Cl)c(F)c1. The van der Waals surface area contributed by atoms with E-state index in [1.807, 2.05) is 0 Å². The van der Waals surface area contributed by atoms with E-state index >= 15 is 0 Å². The van der Waals surface area contributed by atoms with Crippen LogP contribution in [0.2, 0.25) is 10.0 Å². The van der Waals surface area contributed by atoms with Crippen molar-refractivity contribution in [1.29, 1.82) is 0 Å². The zero-order valence-corrected chi connectivity index (χ0v) is 11.5. The van der Waals surface area contributed by atoms with Crippen LogP contribution in [-0.2, 0) is 13.2 Å². The second-order valence-electron chi connectivity index (χ2n) is 3.96. The Morgan fingerprint density at radius 2 is 1.89 bits per heavy atom. The van der Waals surface area contributed by atoms with Gasteiger partial charge in [0, 0.05) is 17.1 Å². The second-order valence-corrected chi connectivity index (χ2v) is 4.77. The van der Waals surface area contributed by atoms with Crippen LogP contribution in [-0.4, -0.2) is 0 Å². The fourth-order valence-corrected chi connectivity index (χ4v) is 2.02. The van der Waals surface area contributed by atoms with E-state index in [9.17, 15) is 4.39 Å². The Morgan fingerprint density at radius 3 is 2.58 bits per heavy atom. The first-order valence-corrected chi connectivity index (χ1v) is 6.41. The van der Waals surface area contributed by atoms with Crippen LogP contribution in [0.25, 0.3) is 0 Å². The standard InChI is InChI=1S/C14H12Cl2FNO/c15-11-2-1-3-14(10(11)7-18)19-8-9-4-5-12(16)13(17)6-9/h1-6H,7-8,18H2. The predicted octanol–water partition coefficient (Wildman–Crippen LogP) is 4.17. The molecule has 5 heteroatoms. The average Bonchev–Trinajstić information content (AvgIpc) is 2.40. The molecule has 0 radical (unpaired) electrons. The van der Waals surface area contributed by atoms with Crippen LogP contribution in [0.3, 0.4) is 0 Å². The molecule has 0 amide bonds. The number of rotatable bonds is 4. The van der Waals surface area contributed by atoms with Gasteiger partial charge in [0.15, 0.2) is 0 Å². The van der Waals surface area contributed by atoms with Crippen LogP contribution in [0.1, 0.15) is 11.1 Å². The second kappa shape index (κ2) is 6.24. The summed E-state index contributed by atoms with van der Waals surface area (Å²) in [4.78, 5) is 0. The van der Waals surface area contributed by atoms with Crippen LogP contribution in [0, 0.1) is 5.82 Å². The molecule has 0 aliphatic carbocycles. The highest BCUT2D eigenvalue weighted by Gasteiger charge is 2.07. The van der Waals surface area contributed by atoms with Gasteiger partial charge in [0.25, 0.3) is 0 Å². The van der Waals surface area contributed by atoms with Crippen LogP contribution in [0.15, 0.2) is 36.4 Å². The summed E-state index contributed by atoms with van der Waals surface area (Å²) in [6.45, 7) is 0.505. The molecule has 0 unspecified atom stereocenters. The van der Waals surface area contributed by atoms with Crippen molar-refractivity contribution >= 4 is 23.2 Å². The molecule has 2 nitrogen and oxygen atoms in total. The summed E-state index contributed by atoms with van der Waals surface area (Å²) in [5, 5.41) is 0.649. The molecule has 0 atom stereocenters. The van der Waals surface area contributed by atoms with E-state index in [2.05, 4.69) is 0 Å². The number of benzene rings is 2. The molecular formula is C14H12Cl2FNO. The Labute approximate surface area is 120 Å². The number of halogens is 3. The van der Waals surface area contributed by atoms with Gasteiger partial charge in [0.1, 0.15) is 18.2 Å². The smallest absolute Gasteiger partial charge is 0.142 e. The third-order valence-electron chi connectivity index (χ3n) is 2.66. The summed E-state index contributed by atoms with van der Waals surface area (Å²) in [5.41, 5.74) is 7.04. The Balaban J connectivity index is 2.14. The highest BCUT2D eigenvalue weighted by Crippen LogP contribution is 2.26. The first kappa shape index (κ1) is 14.1. The molecular weight excluding hydrogens is 288 g/mol. The average molecular weight is 300 g/mol. The Hall–Kier alpha value is -1.29. The minimum Gasteiger partial charge on any atom is -0.489 e. The maximum absolute atomic E-state index is 13.3. The summed E-state index contributed by atoms with van der Waals surface area (Å²) in [5.74, 6) is 0.137. The minimum absolute atomic E-state index is 0.0918. The van der Waals surface area contributed by atoms with Crippen molar-refractivity contribution in [3.63, 3.8) is 0 Å². The van der Waals surface area contributed by atoms with Crippen LogP contribution in [0.4, 0.5) is 4.39 Å². The molecule has 0 aliphatic rings. The van der Waals surface area contributed by atoms with E-state index in [0.29, 0.717) is 16.3 Å². The molecule has 2 aromatic rings. The lowest BCUT2D eigenvalue weighted by atomic mass is 10.2. The molecule has 0 aliphatic heterocycles. The summed E-state index contributed by atoms with van der Waals surface area (Å²) in [7, 11) is 0. The predicted molar refractivity (Wildman–Crippen MR) is 75.1 cm³/mol. The molecule has 100 valence electrons. The van der Waals surface area contributed by atoms with Gasteiger partial charge in [-0.15, -0.1) is 0 Å². The quantitative estimate of drug-likeness (QED) is 0.919. The fraction of sp³-hybridized carbons (Fsp3) is 0.143. The molecule has 0 heterocycles. The molecule has 0 aromatic heterocycles. The van der Waals surface area contributed by atoms with Crippen molar-refractivity contribution in [1.82, 2.24) is 0 Å². The van der Waals surface area contributed by atoms with E-state index in [-0.39, 0.29) is 18.2 Å². The van der Waals surface area contributed by atoms with Crippen LogP contribution >= 0.6 is 23.2 Å². The first-order valence-electron chi connectivity index (χ1n) is 5.66. The molecule has 19 heavy (non-hydrogen) atoms. The Morgan fingerprint density at radius 1 is 1.11 bits per heavy atom. The molecule has 0 spiro atoms. The molecule has 2 aromatic carbocycles. The van der Waals surface area contributed by atoms with Crippen molar-refractivity contribution in [2.75, 3.05) is 0 Å². The topological polar surface area (TPSA) is 35.2 Å². The van der Waals surface area contributed by atoms with Gasteiger partial charge in [-0.1, -0.05) is 35.3 Å². The lowest BCUT2D eigenvalue weighted by Crippen LogP contribution is -2.03. The van der Waals surface area contributed by atoms with Crippen LogP contribution in [0.5, 0.6) is 5.75 Å². The van der Waals surface area contributed by atoms with Gasteiger partial charge in [0.05, 0.1) is 5.02 Å². The van der Waals surface area contributed by atoms with E-state index < -0.39 is 5.82 Å². The number of hydrogen-bond acceptors (Lipinski definition) is 2. The van der Waals surface area contributed by atoms with Gasteiger partial charge in [-0.25, -0.2) is 4.39 Å². The normalized spacial score (nSPS) is 10.5. The number of ether oxygens (including phenoxy) is 1. The lowest BCUT2D eigenvalue weighted by molar-refractivity contribution is 0.302. The largest absolute Gasteiger partial charge is 0.489 e. The highest BCUT2D eigenvalue weighted by molar-refractivity contribution is 6.31. The monoisotopic (exact) mass is 299 g/mol. The zero-order chi connectivity index (χ0) is 13.8. The van der Waals surface area contributed by atoms with E-state index in [4.69, 9.17) is 33.7 Å². The number of nitrogens with two attached hydrogens (primary N) is 1. The van der Waals surface area contributed by atoms with E-state index in [0.717, 1.165) is 5.56 Å². The third kappa shape index (κ3) is 3.38. The summed E-state index contributed by atoms with van der Waals surface area (Å²) < 4.78 is 18.9. The third-order valence-corrected chi connectivity index (χ3v) is 3.32. The maximum atomic E-state index is 13.3. The van der Waals surface area contributed by atoms with E-state index in [1.54, 1.807) is 24.3 Å². The molecule has 0 saturated heterocycles. The van der Waals surface area contributed by atoms with Crippen molar-refractivity contribution in [2.45, 2.75) is 13.2 Å². The van der Waals surface area contributed by atoms with Gasteiger partial charge >= 0.3 is 0 Å². The zero-order valence-electron chi connectivity index (χ0n) is 10.00. The van der Waals surface area contributed by atoms with Gasteiger partial charge in [-0.3, -0.25) is 0 Å². The molecule has 0 saturated carbocycles. The van der Waals surface area contributed by atoms with Gasteiger partial charge in [-0.2, -0.15) is 0 Å². The van der Waals surface area contributed by atoms with E-state index in [1.165, 1.54) is 12.1 Å². The molecule has 0 bridgehead atoms. The molecule has 2 rings (SSSR count). The summed E-state index contributed by atoms with van der Waals surface area (Å²) in [6, 6.07) is 9.85. The van der Waals surface area contributed by atoms with Gasteiger partial charge in [-0.05, 0) is 29.8 Å². The van der Waals surface area contributed by atoms with Crippen LogP contribution < -0.4 is 10.5 Å². The van der Waals surface area contributed by atoms with Crippen molar-refractivity contribution in [2.24, 2.45) is 5.73 Å². The highest BCUT2D eigenvalue weighted by atomic mass is 35.5. The first-order chi connectivity index (χ1) is 9.11. The lowest BCUT2D eigenvalue weighted by Gasteiger charge is -2.11. The molecule has 2 N–H and O–H groups in total. The fourth-order valence-electron chi connectivity index (χ4n) is 1.66.